The van der Waals surface area contributed by atoms with Crippen LogP contribution in [0.2, 0.25) is 0 Å². The molecular formula is C19H19NO2. The van der Waals surface area contributed by atoms with Gasteiger partial charge in [0.2, 0.25) is 11.8 Å². The monoisotopic (exact) mass is 293 g/mol. The van der Waals surface area contributed by atoms with Gasteiger partial charge in [-0.25, -0.2) is 4.90 Å². The third kappa shape index (κ3) is 1.37. The Labute approximate surface area is 130 Å². The van der Waals surface area contributed by atoms with Crippen molar-refractivity contribution in [2.24, 2.45) is 35.5 Å². The van der Waals surface area contributed by atoms with Gasteiger partial charge in [0.15, 0.2) is 0 Å². The average Bonchev–Trinajstić information content (AvgIpc) is 3.26. The minimum Gasteiger partial charge on any atom is -0.274 e. The van der Waals surface area contributed by atoms with Crippen molar-refractivity contribution < 1.29 is 9.59 Å². The van der Waals surface area contributed by atoms with Gasteiger partial charge in [-0.15, -0.1) is 0 Å². The highest BCUT2D eigenvalue weighted by atomic mass is 16.2. The normalized spacial score (nSPS) is 40.9. The number of hydrogen-bond acceptors (Lipinski definition) is 2. The number of imide groups is 1. The highest BCUT2D eigenvalue weighted by Gasteiger charge is 2.67. The summed E-state index contributed by atoms with van der Waals surface area (Å²) in [7, 11) is 0. The highest BCUT2D eigenvalue weighted by molar-refractivity contribution is 6.23. The molecule has 2 amide bonds. The van der Waals surface area contributed by atoms with Crippen LogP contribution in [0.1, 0.15) is 17.5 Å². The zero-order chi connectivity index (χ0) is 15.2. The van der Waals surface area contributed by atoms with Gasteiger partial charge in [-0.1, -0.05) is 29.8 Å². The van der Waals surface area contributed by atoms with Gasteiger partial charge in [-0.3, -0.25) is 9.59 Å². The van der Waals surface area contributed by atoms with Crippen LogP contribution >= 0.6 is 0 Å². The van der Waals surface area contributed by atoms with Crippen molar-refractivity contribution in [1.82, 2.24) is 0 Å². The second kappa shape index (κ2) is 3.89. The van der Waals surface area contributed by atoms with Crippen molar-refractivity contribution in [3.63, 3.8) is 0 Å². The number of hydrogen-bond donors (Lipinski definition) is 0. The fourth-order valence-corrected chi connectivity index (χ4v) is 5.25. The van der Waals surface area contributed by atoms with Crippen LogP contribution in [0.4, 0.5) is 5.69 Å². The molecule has 1 aliphatic heterocycles. The maximum atomic E-state index is 13.0. The van der Waals surface area contributed by atoms with Crippen molar-refractivity contribution in [1.29, 1.82) is 0 Å². The number of aryl methyl sites for hydroxylation is 2. The lowest BCUT2D eigenvalue weighted by Gasteiger charge is -2.37. The molecule has 5 aliphatic rings. The molecule has 6 atom stereocenters. The van der Waals surface area contributed by atoms with E-state index in [9.17, 15) is 9.59 Å². The van der Waals surface area contributed by atoms with E-state index in [1.807, 2.05) is 32.0 Å². The Morgan fingerprint density at radius 2 is 1.55 bits per heavy atom. The maximum absolute atomic E-state index is 13.0. The van der Waals surface area contributed by atoms with Gasteiger partial charge in [0, 0.05) is 0 Å². The Hall–Kier alpha value is -1.90. The first-order chi connectivity index (χ1) is 10.6. The molecular weight excluding hydrogens is 274 g/mol. The molecule has 3 fully saturated rings. The van der Waals surface area contributed by atoms with Crippen molar-refractivity contribution in [3.8, 4) is 0 Å². The number of anilines is 1. The van der Waals surface area contributed by atoms with Crippen LogP contribution in [0.15, 0.2) is 30.4 Å². The highest BCUT2D eigenvalue weighted by Crippen LogP contribution is 2.65. The van der Waals surface area contributed by atoms with Gasteiger partial charge in [0.05, 0.1) is 17.5 Å². The largest absolute Gasteiger partial charge is 0.274 e. The lowest BCUT2D eigenvalue weighted by Crippen LogP contribution is -2.40. The molecule has 112 valence electrons. The summed E-state index contributed by atoms with van der Waals surface area (Å²) in [6.45, 7) is 4.01. The minimum absolute atomic E-state index is 0.0339. The van der Waals surface area contributed by atoms with E-state index in [2.05, 4.69) is 12.2 Å². The third-order valence-corrected chi connectivity index (χ3v) is 6.26. The van der Waals surface area contributed by atoms with Crippen LogP contribution in [-0.4, -0.2) is 11.8 Å². The van der Waals surface area contributed by atoms with E-state index in [1.165, 1.54) is 11.3 Å². The smallest absolute Gasteiger partial charge is 0.238 e. The second-order valence-electron chi connectivity index (χ2n) is 7.46. The maximum Gasteiger partial charge on any atom is 0.238 e. The predicted molar refractivity (Wildman–Crippen MR) is 83.1 cm³/mol. The fraction of sp³-hybridized carbons (Fsp3) is 0.474. The molecule has 0 spiro atoms. The Morgan fingerprint density at radius 1 is 0.955 bits per heavy atom. The molecule has 2 bridgehead atoms. The summed E-state index contributed by atoms with van der Waals surface area (Å²) in [5.74, 6) is 1.77. The molecule has 1 aromatic rings. The average molecular weight is 293 g/mol. The van der Waals surface area contributed by atoms with Crippen LogP contribution in [0.25, 0.3) is 0 Å². The molecule has 6 rings (SSSR count). The van der Waals surface area contributed by atoms with Gasteiger partial charge in [-0.05, 0) is 55.6 Å². The minimum atomic E-state index is -0.105. The molecule has 0 aromatic heterocycles. The molecule has 4 aliphatic carbocycles. The van der Waals surface area contributed by atoms with E-state index in [4.69, 9.17) is 0 Å². The van der Waals surface area contributed by atoms with Crippen LogP contribution in [0, 0.1) is 49.4 Å². The Kier molecular flexibility index (Phi) is 2.23. The Bertz CT molecular complexity index is 714. The lowest BCUT2D eigenvalue weighted by molar-refractivity contribution is -0.124. The van der Waals surface area contributed by atoms with Crippen molar-refractivity contribution in [2.45, 2.75) is 20.3 Å². The first kappa shape index (κ1) is 12.6. The standard InChI is InChI=1S/C19H19NO2/c1-9-3-6-15(10(2)7-9)20-18(21)16-11-4-5-12(14-8-13(11)14)17(16)19(20)22/h3-7,11-14,16-17H,8H2,1-2H3. The molecule has 0 N–H and O–H groups in total. The first-order valence-electron chi connectivity index (χ1n) is 8.21. The van der Waals surface area contributed by atoms with E-state index in [1.54, 1.807) is 0 Å². The fourth-order valence-electron chi connectivity index (χ4n) is 5.25. The molecule has 1 saturated heterocycles. The quantitative estimate of drug-likeness (QED) is 0.590. The summed E-state index contributed by atoms with van der Waals surface area (Å²) in [4.78, 5) is 27.5. The zero-order valence-corrected chi connectivity index (χ0v) is 12.8. The summed E-state index contributed by atoms with van der Waals surface area (Å²) >= 11 is 0. The van der Waals surface area contributed by atoms with Gasteiger partial charge >= 0.3 is 0 Å². The van der Waals surface area contributed by atoms with Crippen LogP contribution in [0.5, 0.6) is 0 Å². The molecule has 22 heavy (non-hydrogen) atoms. The summed E-state index contributed by atoms with van der Waals surface area (Å²) in [5.41, 5.74) is 2.94. The predicted octanol–water partition coefficient (Wildman–Crippen LogP) is 2.86. The molecule has 1 aromatic carbocycles. The number of nitrogens with zero attached hydrogens (tertiary/aromatic N) is 1. The number of allylic oxidation sites excluding steroid dienone is 2. The first-order valence-corrected chi connectivity index (χ1v) is 8.21. The summed E-state index contributed by atoms with van der Waals surface area (Å²) in [6, 6.07) is 5.95. The van der Waals surface area contributed by atoms with Crippen molar-refractivity contribution in [3.05, 3.63) is 41.5 Å². The summed E-state index contributed by atoms with van der Waals surface area (Å²) in [5, 5.41) is 0. The van der Waals surface area contributed by atoms with Crippen LogP contribution in [-0.2, 0) is 9.59 Å². The van der Waals surface area contributed by atoms with Crippen LogP contribution < -0.4 is 4.90 Å². The SMILES string of the molecule is Cc1ccc(N2C(=O)C3C4C=CC(C5CC45)C3C2=O)c(C)c1. The van der Waals surface area contributed by atoms with E-state index in [0.29, 0.717) is 23.7 Å². The molecule has 3 nitrogen and oxygen atoms in total. The summed E-state index contributed by atoms with van der Waals surface area (Å²) in [6.07, 6.45) is 5.65. The van der Waals surface area contributed by atoms with Crippen LogP contribution in [0.3, 0.4) is 0 Å². The molecule has 2 saturated carbocycles. The molecule has 1 heterocycles. The van der Waals surface area contributed by atoms with Gasteiger partial charge in [-0.2, -0.15) is 0 Å². The van der Waals surface area contributed by atoms with Gasteiger partial charge < -0.3 is 0 Å². The van der Waals surface area contributed by atoms with Gasteiger partial charge in [0.25, 0.3) is 0 Å². The van der Waals surface area contributed by atoms with E-state index in [-0.39, 0.29) is 23.7 Å². The number of rotatable bonds is 1. The Morgan fingerprint density at radius 3 is 2.09 bits per heavy atom. The number of carbonyl (C=O) groups is 2. The molecule has 0 radical (unpaired) electrons. The van der Waals surface area contributed by atoms with E-state index >= 15 is 0 Å². The number of amides is 2. The van der Waals surface area contributed by atoms with E-state index < -0.39 is 0 Å². The Balaban J connectivity index is 1.60. The van der Waals surface area contributed by atoms with Gasteiger partial charge in [0.1, 0.15) is 0 Å². The molecule has 3 heteroatoms. The van der Waals surface area contributed by atoms with E-state index in [0.717, 1.165) is 16.8 Å². The summed E-state index contributed by atoms with van der Waals surface area (Å²) < 4.78 is 0. The van der Waals surface area contributed by atoms with Crippen molar-refractivity contribution >= 4 is 17.5 Å². The second-order valence-corrected chi connectivity index (χ2v) is 7.46. The lowest BCUT2D eigenvalue weighted by atomic mass is 9.63. The van der Waals surface area contributed by atoms with Crippen molar-refractivity contribution in [2.75, 3.05) is 4.90 Å². The topological polar surface area (TPSA) is 37.4 Å². The number of benzene rings is 1. The number of carbonyl (C=O) groups excluding carboxylic acids is 2. The zero-order valence-electron chi connectivity index (χ0n) is 12.8. The molecule has 6 unspecified atom stereocenters. The third-order valence-electron chi connectivity index (χ3n) is 6.26.